The van der Waals surface area contributed by atoms with Crippen molar-refractivity contribution in [3.05, 3.63) is 24.2 Å². The summed E-state index contributed by atoms with van der Waals surface area (Å²) in [7, 11) is 0. The molecule has 3 nitrogen and oxygen atoms in total. The number of hydrogen-bond acceptors (Lipinski definition) is 3. The molecule has 0 amide bonds. The maximum absolute atomic E-state index is 10.2. The van der Waals surface area contributed by atoms with Crippen LogP contribution in [0.3, 0.4) is 0 Å². The van der Waals surface area contributed by atoms with Crippen LogP contribution in [0, 0.1) is 5.92 Å². The van der Waals surface area contributed by atoms with Crippen LogP contribution in [-0.4, -0.2) is 29.1 Å². The van der Waals surface area contributed by atoms with Crippen LogP contribution in [0.15, 0.2) is 22.8 Å². The summed E-state index contributed by atoms with van der Waals surface area (Å²) in [5, 5.41) is 10.2. The van der Waals surface area contributed by atoms with Crippen molar-refractivity contribution in [3.63, 3.8) is 0 Å². The van der Waals surface area contributed by atoms with Gasteiger partial charge in [-0.05, 0) is 56.7 Å². The molecule has 106 valence electrons. The summed E-state index contributed by atoms with van der Waals surface area (Å²) in [6.07, 6.45) is 10.2. The Morgan fingerprint density at radius 1 is 1.26 bits per heavy atom. The lowest BCUT2D eigenvalue weighted by Gasteiger charge is -2.28. The van der Waals surface area contributed by atoms with Gasteiger partial charge in [0.05, 0.1) is 6.26 Å². The topological polar surface area (TPSA) is 36.6 Å². The zero-order chi connectivity index (χ0) is 13.1. The van der Waals surface area contributed by atoms with E-state index in [1.54, 1.807) is 6.26 Å². The van der Waals surface area contributed by atoms with Gasteiger partial charge in [0, 0.05) is 12.6 Å². The Labute approximate surface area is 115 Å². The summed E-state index contributed by atoms with van der Waals surface area (Å²) in [5.41, 5.74) is 0. The molecule has 0 bridgehead atoms. The molecule has 19 heavy (non-hydrogen) atoms. The molecular formula is C16H25NO2. The second kappa shape index (κ2) is 6.10. The fourth-order valence-electron chi connectivity index (χ4n) is 3.78. The Morgan fingerprint density at radius 3 is 2.84 bits per heavy atom. The van der Waals surface area contributed by atoms with Crippen molar-refractivity contribution in [2.24, 2.45) is 5.92 Å². The molecule has 1 saturated heterocycles. The average Bonchev–Trinajstić information content (AvgIpc) is 3.12. The van der Waals surface area contributed by atoms with E-state index < -0.39 is 6.10 Å². The molecule has 3 rings (SSSR count). The predicted molar refractivity (Wildman–Crippen MR) is 74.8 cm³/mol. The van der Waals surface area contributed by atoms with E-state index in [1.807, 2.05) is 12.1 Å². The second-order valence-corrected chi connectivity index (χ2v) is 6.21. The van der Waals surface area contributed by atoms with Gasteiger partial charge in [-0.15, -0.1) is 0 Å². The third-order valence-electron chi connectivity index (χ3n) is 4.83. The van der Waals surface area contributed by atoms with Gasteiger partial charge in [-0.25, -0.2) is 0 Å². The van der Waals surface area contributed by atoms with Crippen LogP contribution >= 0.6 is 0 Å². The van der Waals surface area contributed by atoms with Gasteiger partial charge in [0.25, 0.3) is 0 Å². The van der Waals surface area contributed by atoms with Crippen LogP contribution in [0.2, 0.25) is 0 Å². The number of aliphatic hydroxyl groups excluding tert-OH is 1. The number of rotatable bonds is 5. The first-order valence-electron chi connectivity index (χ1n) is 7.78. The normalized spacial score (nSPS) is 27.1. The Hall–Kier alpha value is -0.800. The minimum absolute atomic E-state index is 0.441. The Kier molecular flexibility index (Phi) is 4.24. The lowest BCUT2D eigenvalue weighted by atomic mass is 10.0. The molecule has 2 atom stereocenters. The molecule has 1 N–H and O–H groups in total. The second-order valence-electron chi connectivity index (χ2n) is 6.21. The van der Waals surface area contributed by atoms with Gasteiger partial charge < -0.3 is 9.52 Å². The first kappa shape index (κ1) is 13.2. The summed E-state index contributed by atoms with van der Waals surface area (Å²) in [4.78, 5) is 2.61. The fourth-order valence-corrected chi connectivity index (χ4v) is 3.78. The van der Waals surface area contributed by atoms with Crippen molar-refractivity contribution in [1.82, 2.24) is 4.90 Å². The van der Waals surface area contributed by atoms with Crippen molar-refractivity contribution < 1.29 is 9.52 Å². The summed E-state index contributed by atoms with van der Waals surface area (Å²) >= 11 is 0. The first-order chi connectivity index (χ1) is 9.33. The summed E-state index contributed by atoms with van der Waals surface area (Å²) in [6.45, 7) is 2.46. The van der Waals surface area contributed by atoms with Crippen molar-refractivity contribution in [3.8, 4) is 0 Å². The lowest BCUT2D eigenvalue weighted by molar-refractivity contribution is 0.0963. The van der Waals surface area contributed by atoms with Crippen LogP contribution in [0.25, 0.3) is 0 Å². The predicted octanol–water partition coefficient (Wildman–Crippen LogP) is 3.36. The molecule has 0 radical (unpaired) electrons. The van der Waals surface area contributed by atoms with Gasteiger partial charge in [-0.1, -0.05) is 12.8 Å². The average molecular weight is 263 g/mol. The van der Waals surface area contributed by atoms with E-state index in [-0.39, 0.29) is 0 Å². The minimum Gasteiger partial charge on any atom is -0.467 e. The smallest absolute Gasteiger partial charge is 0.132 e. The van der Waals surface area contributed by atoms with Crippen molar-refractivity contribution in [2.45, 2.75) is 57.1 Å². The highest BCUT2D eigenvalue weighted by Gasteiger charge is 2.30. The largest absolute Gasteiger partial charge is 0.467 e. The third kappa shape index (κ3) is 3.21. The van der Waals surface area contributed by atoms with Gasteiger partial charge in [0.1, 0.15) is 11.9 Å². The van der Waals surface area contributed by atoms with Gasteiger partial charge in [0.2, 0.25) is 0 Å². The van der Waals surface area contributed by atoms with E-state index in [0.717, 1.165) is 12.3 Å². The molecule has 2 fully saturated rings. The summed E-state index contributed by atoms with van der Waals surface area (Å²) in [5.74, 6) is 1.62. The maximum Gasteiger partial charge on any atom is 0.132 e. The Morgan fingerprint density at radius 2 is 2.11 bits per heavy atom. The number of furan rings is 1. The molecule has 1 saturated carbocycles. The highest BCUT2D eigenvalue weighted by Crippen LogP contribution is 2.31. The highest BCUT2D eigenvalue weighted by atomic mass is 16.4. The SMILES string of the molecule is OC(CC1CCCN1CC1CCCC1)c1ccco1. The van der Waals surface area contributed by atoms with Gasteiger partial charge >= 0.3 is 0 Å². The number of aliphatic hydroxyl groups is 1. The quantitative estimate of drug-likeness (QED) is 0.885. The summed E-state index contributed by atoms with van der Waals surface area (Å²) in [6, 6.07) is 4.27. The molecule has 2 aliphatic rings. The Balaban J connectivity index is 1.53. The number of likely N-dealkylation sites (tertiary alicyclic amines) is 1. The zero-order valence-electron chi connectivity index (χ0n) is 11.6. The van der Waals surface area contributed by atoms with Crippen molar-refractivity contribution >= 4 is 0 Å². The van der Waals surface area contributed by atoms with Crippen molar-refractivity contribution in [2.75, 3.05) is 13.1 Å². The standard InChI is InChI=1S/C16H25NO2/c18-15(16-8-4-10-19-16)11-14-7-3-9-17(14)12-13-5-1-2-6-13/h4,8,10,13-15,18H,1-3,5-7,9,11-12H2. The van der Waals surface area contributed by atoms with Crippen LogP contribution in [0.1, 0.15) is 56.8 Å². The Bertz CT molecular complexity index is 370. The third-order valence-corrected chi connectivity index (χ3v) is 4.83. The van der Waals surface area contributed by atoms with E-state index in [1.165, 1.54) is 51.6 Å². The molecular weight excluding hydrogens is 238 g/mol. The molecule has 0 spiro atoms. The van der Waals surface area contributed by atoms with Crippen molar-refractivity contribution in [1.29, 1.82) is 0 Å². The molecule has 1 aliphatic heterocycles. The number of hydrogen-bond donors (Lipinski definition) is 1. The van der Waals surface area contributed by atoms with Gasteiger partial charge in [0.15, 0.2) is 0 Å². The molecule has 3 heteroatoms. The van der Waals surface area contributed by atoms with Crippen LogP contribution < -0.4 is 0 Å². The van der Waals surface area contributed by atoms with E-state index >= 15 is 0 Å². The van der Waals surface area contributed by atoms with Crippen LogP contribution in [0.5, 0.6) is 0 Å². The molecule has 0 aromatic carbocycles. The summed E-state index contributed by atoms with van der Waals surface area (Å²) < 4.78 is 5.31. The van der Waals surface area contributed by atoms with Gasteiger partial charge in [-0.2, -0.15) is 0 Å². The highest BCUT2D eigenvalue weighted by molar-refractivity contribution is 5.02. The maximum atomic E-state index is 10.2. The lowest BCUT2D eigenvalue weighted by Crippen LogP contribution is -2.34. The molecule has 2 unspecified atom stereocenters. The monoisotopic (exact) mass is 263 g/mol. The zero-order valence-corrected chi connectivity index (χ0v) is 11.6. The molecule has 1 aromatic heterocycles. The molecule has 2 heterocycles. The molecule has 1 aromatic rings. The van der Waals surface area contributed by atoms with E-state index in [4.69, 9.17) is 4.42 Å². The minimum atomic E-state index is -0.441. The van der Waals surface area contributed by atoms with E-state index in [2.05, 4.69) is 4.90 Å². The number of nitrogens with zero attached hydrogens (tertiary/aromatic N) is 1. The fraction of sp³-hybridized carbons (Fsp3) is 0.750. The van der Waals surface area contributed by atoms with Crippen LogP contribution in [-0.2, 0) is 0 Å². The van der Waals surface area contributed by atoms with Crippen LogP contribution in [0.4, 0.5) is 0 Å². The van der Waals surface area contributed by atoms with E-state index in [9.17, 15) is 5.11 Å². The van der Waals surface area contributed by atoms with E-state index in [0.29, 0.717) is 11.8 Å². The molecule has 1 aliphatic carbocycles. The first-order valence-corrected chi connectivity index (χ1v) is 7.78. The van der Waals surface area contributed by atoms with Gasteiger partial charge in [-0.3, -0.25) is 4.90 Å².